The second-order valence-electron chi connectivity index (χ2n) is 5.01. The van der Waals surface area contributed by atoms with Gasteiger partial charge in [0.25, 0.3) is 0 Å². The van der Waals surface area contributed by atoms with E-state index in [1.54, 1.807) is 6.07 Å². The van der Waals surface area contributed by atoms with Gasteiger partial charge in [0.15, 0.2) is 0 Å². The summed E-state index contributed by atoms with van der Waals surface area (Å²) in [5, 5.41) is 0. The van der Waals surface area contributed by atoms with Gasteiger partial charge >= 0.3 is 12.5 Å². The fourth-order valence-corrected chi connectivity index (χ4v) is 2.33. The molecular formula is C14H17F4NO2. The molecule has 1 aromatic carbocycles. The third kappa shape index (κ3) is 4.07. The predicted octanol–water partition coefficient (Wildman–Crippen LogP) is 3.35. The Balaban J connectivity index is 2.09. The summed E-state index contributed by atoms with van der Waals surface area (Å²) in [6.07, 6.45) is -6.84. The molecule has 1 aliphatic heterocycles. The van der Waals surface area contributed by atoms with Crippen LogP contribution < -0.4 is 10.5 Å². The molecule has 1 atom stereocenters. The monoisotopic (exact) mass is 307 g/mol. The standard InChI is InChI=1S/C14H17F4NO2/c15-13(16)14(17,18)21-11-3-1-2-10(8-11)12(19)9-4-6-20-7-5-9/h1-3,8-9,12-13H,4-7,19H2/t12-/m0/s1. The zero-order valence-electron chi connectivity index (χ0n) is 11.3. The van der Waals surface area contributed by atoms with Gasteiger partial charge in [-0.3, -0.25) is 0 Å². The maximum absolute atomic E-state index is 12.9. The largest absolute Gasteiger partial charge is 0.461 e. The van der Waals surface area contributed by atoms with Crippen LogP contribution in [-0.2, 0) is 4.74 Å². The van der Waals surface area contributed by atoms with E-state index in [9.17, 15) is 17.6 Å². The van der Waals surface area contributed by atoms with Gasteiger partial charge in [0, 0.05) is 19.3 Å². The average molecular weight is 307 g/mol. The van der Waals surface area contributed by atoms with Crippen LogP contribution in [0, 0.1) is 5.92 Å². The molecule has 2 N–H and O–H groups in total. The van der Waals surface area contributed by atoms with Gasteiger partial charge < -0.3 is 15.2 Å². The van der Waals surface area contributed by atoms with E-state index in [0.29, 0.717) is 18.8 Å². The lowest BCUT2D eigenvalue weighted by molar-refractivity contribution is -0.253. The molecule has 0 aliphatic carbocycles. The smallest absolute Gasteiger partial charge is 0.428 e. The third-order valence-electron chi connectivity index (χ3n) is 3.52. The summed E-state index contributed by atoms with van der Waals surface area (Å²) in [7, 11) is 0. The van der Waals surface area contributed by atoms with E-state index in [1.807, 2.05) is 0 Å². The first-order chi connectivity index (χ1) is 9.90. The Labute approximate surface area is 120 Å². The topological polar surface area (TPSA) is 44.5 Å². The minimum absolute atomic E-state index is 0.171. The van der Waals surface area contributed by atoms with Gasteiger partial charge in [0.2, 0.25) is 0 Å². The second kappa shape index (κ2) is 6.62. The molecule has 1 heterocycles. The van der Waals surface area contributed by atoms with Crippen molar-refractivity contribution in [2.24, 2.45) is 11.7 Å². The number of hydrogen-bond donors (Lipinski definition) is 1. The first-order valence-electron chi connectivity index (χ1n) is 6.68. The van der Waals surface area contributed by atoms with Crippen molar-refractivity contribution >= 4 is 0 Å². The van der Waals surface area contributed by atoms with E-state index in [0.717, 1.165) is 12.8 Å². The fourth-order valence-electron chi connectivity index (χ4n) is 2.33. The molecule has 118 valence electrons. The van der Waals surface area contributed by atoms with E-state index in [-0.39, 0.29) is 17.7 Å². The number of alkyl halides is 4. The van der Waals surface area contributed by atoms with Crippen molar-refractivity contribution in [3.63, 3.8) is 0 Å². The Morgan fingerprint density at radius 3 is 2.52 bits per heavy atom. The van der Waals surface area contributed by atoms with Crippen molar-refractivity contribution in [1.29, 1.82) is 0 Å². The lowest BCUT2D eigenvalue weighted by atomic mass is 9.88. The van der Waals surface area contributed by atoms with Crippen molar-refractivity contribution in [2.45, 2.75) is 31.4 Å². The SMILES string of the molecule is N[C@H](c1cccc(OC(F)(F)C(F)F)c1)C1CCOCC1. The summed E-state index contributed by atoms with van der Waals surface area (Å²) < 4.78 is 59.4. The maximum Gasteiger partial charge on any atom is 0.461 e. The van der Waals surface area contributed by atoms with E-state index < -0.39 is 12.5 Å². The molecule has 0 aromatic heterocycles. The predicted molar refractivity (Wildman–Crippen MR) is 68.5 cm³/mol. The van der Waals surface area contributed by atoms with E-state index in [4.69, 9.17) is 10.5 Å². The van der Waals surface area contributed by atoms with Crippen LogP contribution in [0.3, 0.4) is 0 Å². The average Bonchev–Trinajstić information content (AvgIpc) is 2.47. The molecular weight excluding hydrogens is 290 g/mol. The molecule has 7 heteroatoms. The van der Waals surface area contributed by atoms with Crippen molar-refractivity contribution < 1.29 is 27.0 Å². The van der Waals surface area contributed by atoms with Crippen LogP contribution in [0.5, 0.6) is 5.75 Å². The van der Waals surface area contributed by atoms with Crippen molar-refractivity contribution in [3.8, 4) is 5.75 Å². The van der Waals surface area contributed by atoms with Gasteiger partial charge in [-0.2, -0.15) is 17.6 Å². The number of hydrogen-bond acceptors (Lipinski definition) is 3. The van der Waals surface area contributed by atoms with Crippen molar-refractivity contribution in [2.75, 3.05) is 13.2 Å². The Morgan fingerprint density at radius 2 is 1.90 bits per heavy atom. The summed E-state index contributed by atoms with van der Waals surface area (Å²) in [5.74, 6) is -0.148. The molecule has 0 amide bonds. The van der Waals surface area contributed by atoms with Crippen LogP contribution >= 0.6 is 0 Å². The van der Waals surface area contributed by atoms with Gasteiger partial charge in [-0.1, -0.05) is 12.1 Å². The van der Waals surface area contributed by atoms with Crippen LogP contribution in [-0.4, -0.2) is 25.7 Å². The number of nitrogens with two attached hydrogens (primary N) is 1. The van der Waals surface area contributed by atoms with Crippen LogP contribution in [0.2, 0.25) is 0 Å². The van der Waals surface area contributed by atoms with Gasteiger partial charge in [0.05, 0.1) is 0 Å². The molecule has 21 heavy (non-hydrogen) atoms. The van der Waals surface area contributed by atoms with Crippen LogP contribution in [0.1, 0.15) is 24.4 Å². The molecule has 1 aliphatic rings. The van der Waals surface area contributed by atoms with Crippen LogP contribution in [0.25, 0.3) is 0 Å². The van der Waals surface area contributed by atoms with Crippen LogP contribution in [0.15, 0.2) is 24.3 Å². The summed E-state index contributed by atoms with van der Waals surface area (Å²) in [5.41, 5.74) is 6.70. The Hall–Kier alpha value is -1.34. The Morgan fingerprint density at radius 1 is 1.24 bits per heavy atom. The highest BCUT2D eigenvalue weighted by Crippen LogP contribution is 2.32. The van der Waals surface area contributed by atoms with Crippen molar-refractivity contribution in [3.05, 3.63) is 29.8 Å². The molecule has 0 bridgehead atoms. The highest BCUT2D eigenvalue weighted by molar-refractivity contribution is 5.31. The molecule has 1 saturated heterocycles. The normalized spacial score (nSPS) is 18.8. The molecule has 0 radical (unpaired) electrons. The third-order valence-corrected chi connectivity index (χ3v) is 3.52. The minimum atomic E-state index is -4.51. The summed E-state index contributed by atoms with van der Waals surface area (Å²) in [4.78, 5) is 0. The molecule has 0 saturated carbocycles. The number of ether oxygens (including phenoxy) is 2. The zero-order valence-corrected chi connectivity index (χ0v) is 11.3. The van der Waals surface area contributed by atoms with E-state index in [2.05, 4.69) is 4.74 Å². The van der Waals surface area contributed by atoms with E-state index >= 15 is 0 Å². The molecule has 1 fully saturated rings. The Bertz CT molecular complexity index is 464. The molecule has 0 spiro atoms. The first kappa shape index (κ1) is 16.0. The lowest BCUT2D eigenvalue weighted by Gasteiger charge is -2.28. The fraction of sp³-hybridized carbons (Fsp3) is 0.571. The summed E-state index contributed by atoms with van der Waals surface area (Å²) >= 11 is 0. The van der Waals surface area contributed by atoms with Crippen molar-refractivity contribution in [1.82, 2.24) is 0 Å². The number of halogens is 4. The molecule has 2 rings (SSSR count). The first-order valence-corrected chi connectivity index (χ1v) is 6.68. The van der Waals surface area contributed by atoms with Crippen LogP contribution in [0.4, 0.5) is 17.6 Å². The van der Waals surface area contributed by atoms with Gasteiger partial charge in [-0.25, -0.2) is 0 Å². The molecule has 3 nitrogen and oxygen atoms in total. The Kier molecular flexibility index (Phi) is 5.05. The van der Waals surface area contributed by atoms with Gasteiger partial charge in [-0.05, 0) is 36.5 Å². The zero-order chi connectivity index (χ0) is 15.5. The highest BCUT2D eigenvalue weighted by Gasteiger charge is 2.44. The lowest BCUT2D eigenvalue weighted by Crippen LogP contribution is -2.33. The highest BCUT2D eigenvalue weighted by atomic mass is 19.3. The van der Waals surface area contributed by atoms with Gasteiger partial charge in [-0.15, -0.1) is 0 Å². The summed E-state index contributed by atoms with van der Waals surface area (Å²) in [6, 6.07) is 5.27. The molecule has 1 aromatic rings. The number of rotatable bonds is 5. The second-order valence-corrected chi connectivity index (χ2v) is 5.01. The number of benzene rings is 1. The van der Waals surface area contributed by atoms with E-state index in [1.165, 1.54) is 18.2 Å². The molecule has 0 unspecified atom stereocenters. The summed E-state index contributed by atoms with van der Waals surface area (Å²) in [6.45, 7) is 1.22. The minimum Gasteiger partial charge on any atom is -0.428 e. The maximum atomic E-state index is 12.9. The van der Waals surface area contributed by atoms with Gasteiger partial charge in [0.1, 0.15) is 5.75 Å². The quantitative estimate of drug-likeness (QED) is 0.849.